The molecule has 0 radical (unpaired) electrons. The zero-order valence-corrected chi connectivity index (χ0v) is 14.6. The second-order valence-electron chi connectivity index (χ2n) is 5.93. The van der Waals surface area contributed by atoms with Gasteiger partial charge < -0.3 is 16.2 Å². The summed E-state index contributed by atoms with van der Waals surface area (Å²) in [6.45, 7) is 1.75. The van der Waals surface area contributed by atoms with Crippen LogP contribution >= 0.6 is 0 Å². The number of hydrogen-bond donors (Lipinski definition) is 2. The molecule has 0 saturated heterocycles. The van der Waals surface area contributed by atoms with Crippen LogP contribution in [0.15, 0.2) is 48.7 Å². The molecule has 7 heteroatoms. The number of aryl methyl sites for hydroxylation is 1. The zero-order valence-electron chi connectivity index (χ0n) is 14.6. The van der Waals surface area contributed by atoms with Crippen LogP contribution in [0.3, 0.4) is 0 Å². The number of nitrogens with zero attached hydrogens (tertiary/aromatic N) is 3. The predicted octanol–water partition coefficient (Wildman–Crippen LogP) is 2.44. The van der Waals surface area contributed by atoms with Gasteiger partial charge in [0.25, 0.3) is 5.91 Å². The summed E-state index contributed by atoms with van der Waals surface area (Å²) in [5, 5.41) is 9.50. The monoisotopic (exact) mass is 359 g/mol. The first kappa shape index (κ1) is 17.9. The number of pyridine rings is 2. The smallest absolute Gasteiger partial charge is 0.255 e. The van der Waals surface area contributed by atoms with Crippen molar-refractivity contribution in [1.82, 2.24) is 9.97 Å². The summed E-state index contributed by atoms with van der Waals surface area (Å²) in [6.07, 6.45) is 1.75. The molecular formula is C20H17N5O2. The number of primary amides is 1. The van der Waals surface area contributed by atoms with Gasteiger partial charge in [0.05, 0.1) is 11.4 Å². The molecule has 1 amide bonds. The van der Waals surface area contributed by atoms with E-state index in [2.05, 4.69) is 16.0 Å². The molecule has 27 heavy (non-hydrogen) atoms. The maximum atomic E-state index is 10.8. The van der Waals surface area contributed by atoms with Crippen molar-refractivity contribution in [2.75, 3.05) is 12.3 Å². The van der Waals surface area contributed by atoms with Crippen LogP contribution in [0.25, 0.3) is 22.5 Å². The maximum absolute atomic E-state index is 10.8. The molecule has 7 nitrogen and oxygen atoms in total. The topological polar surface area (TPSA) is 128 Å². The van der Waals surface area contributed by atoms with Gasteiger partial charge >= 0.3 is 0 Å². The van der Waals surface area contributed by atoms with Gasteiger partial charge in [0.15, 0.2) is 6.61 Å². The van der Waals surface area contributed by atoms with Crippen LogP contribution in [0.5, 0.6) is 5.75 Å². The van der Waals surface area contributed by atoms with Gasteiger partial charge in [-0.3, -0.25) is 9.78 Å². The lowest BCUT2D eigenvalue weighted by molar-refractivity contribution is -0.119. The van der Waals surface area contributed by atoms with Crippen LogP contribution in [0.1, 0.15) is 11.1 Å². The van der Waals surface area contributed by atoms with Crippen molar-refractivity contribution in [2.24, 2.45) is 5.73 Å². The number of nitrogens with two attached hydrogens (primary N) is 2. The van der Waals surface area contributed by atoms with E-state index in [1.54, 1.807) is 36.5 Å². The zero-order chi connectivity index (χ0) is 19.4. The minimum absolute atomic E-state index is 0.140. The number of carbonyl (C=O) groups is 1. The van der Waals surface area contributed by atoms with Gasteiger partial charge in [-0.15, -0.1) is 0 Å². The van der Waals surface area contributed by atoms with Crippen molar-refractivity contribution in [3.8, 4) is 34.3 Å². The van der Waals surface area contributed by atoms with Crippen LogP contribution in [0.4, 0.5) is 5.82 Å². The molecule has 3 rings (SSSR count). The summed E-state index contributed by atoms with van der Waals surface area (Å²) in [5.74, 6) is 0.0860. The number of aromatic nitrogens is 2. The molecule has 0 bridgehead atoms. The first-order valence-corrected chi connectivity index (χ1v) is 8.13. The van der Waals surface area contributed by atoms with Gasteiger partial charge in [0.1, 0.15) is 23.2 Å². The Morgan fingerprint density at radius 1 is 1.19 bits per heavy atom. The molecule has 0 fully saturated rings. The third-order valence-electron chi connectivity index (χ3n) is 3.88. The van der Waals surface area contributed by atoms with E-state index < -0.39 is 5.91 Å². The van der Waals surface area contributed by atoms with E-state index in [9.17, 15) is 10.1 Å². The summed E-state index contributed by atoms with van der Waals surface area (Å²) in [6, 6.07) is 14.6. The lowest BCUT2D eigenvalue weighted by Gasteiger charge is -2.11. The van der Waals surface area contributed by atoms with Gasteiger partial charge in [0, 0.05) is 11.8 Å². The normalized spacial score (nSPS) is 10.2. The third-order valence-corrected chi connectivity index (χ3v) is 3.88. The van der Waals surface area contributed by atoms with Crippen molar-refractivity contribution in [2.45, 2.75) is 6.92 Å². The van der Waals surface area contributed by atoms with E-state index in [0.29, 0.717) is 22.7 Å². The highest BCUT2D eigenvalue weighted by Crippen LogP contribution is 2.31. The standard InChI is InChI=1S/C20H17N5O2/c1-12-2-7-17(24-10-12)18-8-15(16(9-21)20(23)25-18)13-3-5-14(6-4-13)27-11-19(22)26/h2-8,10H,11H2,1H3,(H2,22,26)(H2,23,25). The van der Waals surface area contributed by atoms with Crippen molar-refractivity contribution >= 4 is 11.7 Å². The fraction of sp³-hybridized carbons (Fsp3) is 0.100. The van der Waals surface area contributed by atoms with E-state index >= 15 is 0 Å². The van der Waals surface area contributed by atoms with E-state index in [0.717, 1.165) is 11.1 Å². The SMILES string of the molecule is Cc1ccc(-c2cc(-c3ccc(OCC(N)=O)cc3)c(C#N)c(N)n2)nc1. The minimum Gasteiger partial charge on any atom is -0.484 e. The third kappa shape index (κ3) is 4.02. The summed E-state index contributed by atoms with van der Waals surface area (Å²) < 4.78 is 5.26. The minimum atomic E-state index is -0.553. The fourth-order valence-electron chi connectivity index (χ4n) is 2.55. The molecule has 0 aliphatic heterocycles. The predicted molar refractivity (Wildman–Crippen MR) is 101 cm³/mol. The first-order chi connectivity index (χ1) is 13.0. The number of nitriles is 1. The molecule has 1 aromatic carbocycles. The number of ether oxygens (including phenoxy) is 1. The largest absolute Gasteiger partial charge is 0.484 e. The molecule has 4 N–H and O–H groups in total. The average molecular weight is 359 g/mol. The van der Waals surface area contributed by atoms with Crippen LogP contribution in [-0.2, 0) is 4.79 Å². The number of hydrogen-bond acceptors (Lipinski definition) is 6. The fourth-order valence-corrected chi connectivity index (χ4v) is 2.55. The van der Waals surface area contributed by atoms with Crippen LogP contribution in [0, 0.1) is 18.3 Å². The van der Waals surface area contributed by atoms with Crippen molar-refractivity contribution in [1.29, 1.82) is 5.26 Å². The Bertz CT molecular complexity index is 1020. The van der Waals surface area contributed by atoms with Crippen LogP contribution in [0.2, 0.25) is 0 Å². The Labute approximate surface area is 156 Å². The number of benzene rings is 1. The summed E-state index contributed by atoms with van der Waals surface area (Å²) in [7, 11) is 0. The molecule has 2 aromatic heterocycles. The number of amides is 1. The van der Waals surface area contributed by atoms with Crippen LogP contribution < -0.4 is 16.2 Å². The number of rotatable bonds is 5. The summed E-state index contributed by atoms with van der Waals surface area (Å²) in [4.78, 5) is 19.5. The molecule has 0 unspecified atom stereocenters. The molecule has 0 spiro atoms. The Hall–Kier alpha value is -3.92. The van der Waals surface area contributed by atoms with Crippen molar-refractivity contribution in [3.05, 3.63) is 59.8 Å². The Morgan fingerprint density at radius 3 is 2.52 bits per heavy atom. The quantitative estimate of drug-likeness (QED) is 0.720. The van der Waals surface area contributed by atoms with Gasteiger partial charge in [0.2, 0.25) is 0 Å². The first-order valence-electron chi connectivity index (χ1n) is 8.13. The maximum Gasteiger partial charge on any atom is 0.255 e. The van der Waals surface area contributed by atoms with E-state index in [4.69, 9.17) is 16.2 Å². The van der Waals surface area contributed by atoms with Crippen LogP contribution in [-0.4, -0.2) is 22.5 Å². The summed E-state index contributed by atoms with van der Waals surface area (Å²) in [5.41, 5.74) is 15.1. The van der Waals surface area contributed by atoms with Gasteiger partial charge in [-0.2, -0.15) is 5.26 Å². The lowest BCUT2D eigenvalue weighted by atomic mass is 9.99. The number of anilines is 1. The molecule has 3 aromatic rings. The van der Waals surface area contributed by atoms with E-state index in [1.807, 2.05) is 19.1 Å². The molecule has 0 saturated carbocycles. The Balaban J connectivity index is 2.02. The number of carbonyl (C=O) groups excluding carboxylic acids is 1. The lowest BCUT2D eigenvalue weighted by Crippen LogP contribution is -2.19. The second kappa shape index (κ2) is 7.54. The van der Waals surface area contributed by atoms with Gasteiger partial charge in [-0.25, -0.2) is 4.98 Å². The van der Waals surface area contributed by atoms with Gasteiger partial charge in [-0.05, 0) is 42.3 Å². The Morgan fingerprint density at radius 2 is 1.93 bits per heavy atom. The summed E-state index contributed by atoms with van der Waals surface area (Å²) >= 11 is 0. The number of nitrogen functional groups attached to an aromatic ring is 1. The highest BCUT2D eigenvalue weighted by Gasteiger charge is 2.14. The molecule has 0 aliphatic rings. The van der Waals surface area contributed by atoms with Crippen molar-refractivity contribution in [3.63, 3.8) is 0 Å². The molecule has 2 heterocycles. The average Bonchev–Trinajstić information content (AvgIpc) is 2.66. The molecule has 134 valence electrons. The van der Waals surface area contributed by atoms with E-state index in [1.165, 1.54) is 0 Å². The Kier molecular flexibility index (Phi) is 4.99. The molecule has 0 atom stereocenters. The van der Waals surface area contributed by atoms with E-state index in [-0.39, 0.29) is 18.0 Å². The second-order valence-corrected chi connectivity index (χ2v) is 5.93. The molecular weight excluding hydrogens is 342 g/mol. The van der Waals surface area contributed by atoms with Gasteiger partial charge in [-0.1, -0.05) is 18.2 Å². The molecule has 0 aliphatic carbocycles. The highest BCUT2D eigenvalue weighted by atomic mass is 16.5. The van der Waals surface area contributed by atoms with Crippen molar-refractivity contribution < 1.29 is 9.53 Å². The highest BCUT2D eigenvalue weighted by molar-refractivity contribution is 5.79.